The Labute approximate surface area is 147 Å². The lowest BCUT2D eigenvalue weighted by Gasteiger charge is -2.32. The predicted octanol–water partition coefficient (Wildman–Crippen LogP) is 5.28. The molecule has 1 fully saturated rings. The normalized spacial score (nSPS) is 22.4. The maximum Gasteiger partial charge on any atom is 0.306 e. The Morgan fingerprint density at radius 3 is 2.65 bits per heavy atom. The van der Waals surface area contributed by atoms with Crippen LogP contribution >= 0.6 is 15.9 Å². The molecule has 0 aliphatic heterocycles. The summed E-state index contributed by atoms with van der Waals surface area (Å²) >= 11 is 3.55. The molecule has 0 saturated heterocycles. The number of hydrogen-bond donors (Lipinski definition) is 0. The molecule has 1 aliphatic carbocycles. The summed E-state index contributed by atoms with van der Waals surface area (Å²) in [7, 11) is 0. The van der Waals surface area contributed by atoms with Gasteiger partial charge in [0.25, 0.3) is 0 Å². The van der Waals surface area contributed by atoms with Crippen molar-refractivity contribution in [2.75, 3.05) is 6.61 Å². The number of carbonyl (C=O) groups excluding carboxylic acids is 1. The van der Waals surface area contributed by atoms with Crippen molar-refractivity contribution in [3.05, 3.63) is 28.2 Å². The summed E-state index contributed by atoms with van der Waals surface area (Å²) in [6.07, 6.45) is 5.19. The first kappa shape index (κ1) is 18.3. The smallest absolute Gasteiger partial charge is 0.306 e. The molecule has 0 bridgehead atoms. The number of esters is 1. The van der Waals surface area contributed by atoms with Crippen molar-refractivity contribution in [2.45, 2.75) is 59.0 Å². The largest absolute Gasteiger partial charge is 0.490 e. The van der Waals surface area contributed by atoms with Gasteiger partial charge in [-0.2, -0.15) is 0 Å². The Morgan fingerprint density at radius 1 is 1.30 bits per heavy atom. The molecule has 0 N–H and O–H groups in total. The topological polar surface area (TPSA) is 35.5 Å². The van der Waals surface area contributed by atoms with Gasteiger partial charge in [-0.25, -0.2) is 0 Å². The van der Waals surface area contributed by atoms with Crippen molar-refractivity contribution in [1.82, 2.24) is 0 Å². The maximum atomic E-state index is 11.6. The summed E-state index contributed by atoms with van der Waals surface area (Å²) in [6.45, 7) is 6.57. The van der Waals surface area contributed by atoms with Gasteiger partial charge in [0.2, 0.25) is 0 Å². The van der Waals surface area contributed by atoms with Crippen LogP contribution in [0.2, 0.25) is 0 Å². The van der Waals surface area contributed by atoms with Crippen LogP contribution in [0.3, 0.4) is 0 Å². The quantitative estimate of drug-likeness (QED) is 0.627. The van der Waals surface area contributed by atoms with Gasteiger partial charge in [-0.3, -0.25) is 4.79 Å². The first-order valence-corrected chi connectivity index (χ1v) is 9.38. The molecule has 0 amide bonds. The molecule has 0 radical (unpaired) electrons. The molecule has 23 heavy (non-hydrogen) atoms. The minimum absolute atomic E-state index is 0.0665. The second-order valence-corrected chi connectivity index (χ2v) is 7.36. The molecule has 1 unspecified atom stereocenters. The van der Waals surface area contributed by atoms with Gasteiger partial charge in [0.15, 0.2) is 0 Å². The van der Waals surface area contributed by atoms with Crippen molar-refractivity contribution in [3.63, 3.8) is 0 Å². The molecular formula is C19H27BrO3. The molecule has 0 aromatic heterocycles. The van der Waals surface area contributed by atoms with Crippen LogP contribution in [0.15, 0.2) is 22.7 Å². The zero-order chi connectivity index (χ0) is 16.8. The summed E-state index contributed by atoms with van der Waals surface area (Å²) in [5, 5.41) is 0. The van der Waals surface area contributed by atoms with Gasteiger partial charge in [-0.1, -0.05) is 28.9 Å². The van der Waals surface area contributed by atoms with Gasteiger partial charge < -0.3 is 9.47 Å². The van der Waals surface area contributed by atoms with Gasteiger partial charge in [0, 0.05) is 16.5 Å². The molecule has 3 nitrogen and oxygen atoms in total. The van der Waals surface area contributed by atoms with E-state index in [9.17, 15) is 4.79 Å². The van der Waals surface area contributed by atoms with Gasteiger partial charge in [0.05, 0.1) is 12.7 Å². The van der Waals surface area contributed by atoms with E-state index in [0.29, 0.717) is 24.9 Å². The van der Waals surface area contributed by atoms with E-state index in [0.717, 1.165) is 41.5 Å². The molecule has 0 spiro atoms. The highest BCUT2D eigenvalue weighted by Crippen LogP contribution is 2.35. The molecule has 1 saturated carbocycles. The summed E-state index contributed by atoms with van der Waals surface area (Å²) in [6, 6.07) is 6.09. The standard InChI is InChI=1S/C19H27BrO3/c1-4-22-19(21)12-13(2)15-8-10-16(11-9-15)23-18-7-5-6-17(20)14(18)3/h5-7,13,15-16H,4,8-12H2,1-3H3/t13?,15-,16-. The van der Waals surface area contributed by atoms with Crippen molar-refractivity contribution >= 4 is 21.9 Å². The Morgan fingerprint density at radius 2 is 2.00 bits per heavy atom. The fraction of sp³-hybridized carbons (Fsp3) is 0.632. The lowest BCUT2D eigenvalue weighted by atomic mass is 9.78. The fourth-order valence-electron chi connectivity index (χ4n) is 3.32. The first-order valence-electron chi connectivity index (χ1n) is 8.58. The average molecular weight is 383 g/mol. The zero-order valence-electron chi connectivity index (χ0n) is 14.3. The lowest BCUT2D eigenvalue weighted by Crippen LogP contribution is -2.28. The van der Waals surface area contributed by atoms with Crippen LogP contribution in [0.4, 0.5) is 0 Å². The minimum Gasteiger partial charge on any atom is -0.490 e. The van der Waals surface area contributed by atoms with E-state index in [1.165, 1.54) is 0 Å². The van der Waals surface area contributed by atoms with E-state index in [-0.39, 0.29) is 12.1 Å². The molecule has 1 aromatic rings. The maximum absolute atomic E-state index is 11.6. The van der Waals surface area contributed by atoms with E-state index in [1.807, 2.05) is 25.1 Å². The molecular weight excluding hydrogens is 356 g/mol. The third-order valence-electron chi connectivity index (χ3n) is 4.83. The molecule has 2 rings (SSSR count). The van der Waals surface area contributed by atoms with Crippen molar-refractivity contribution < 1.29 is 14.3 Å². The molecule has 4 heteroatoms. The molecule has 1 atom stereocenters. The van der Waals surface area contributed by atoms with Gasteiger partial charge in [-0.05, 0) is 63.5 Å². The molecule has 1 aromatic carbocycles. The van der Waals surface area contributed by atoms with Crippen LogP contribution in [0.1, 0.15) is 51.5 Å². The van der Waals surface area contributed by atoms with Crippen LogP contribution in [-0.2, 0) is 9.53 Å². The highest BCUT2D eigenvalue weighted by molar-refractivity contribution is 9.10. The first-order chi connectivity index (χ1) is 11.0. The van der Waals surface area contributed by atoms with Gasteiger partial charge >= 0.3 is 5.97 Å². The Bertz CT molecular complexity index is 521. The third-order valence-corrected chi connectivity index (χ3v) is 5.69. The van der Waals surface area contributed by atoms with Gasteiger partial charge in [0.1, 0.15) is 5.75 Å². The molecule has 1 aliphatic rings. The summed E-state index contributed by atoms with van der Waals surface area (Å²) in [4.78, 5) is 11.6. The molecule has 0 heterocycles. The number of hydrogen-bond acceptors (Lipinski definition) is 3. The average Bonchev–Trinajstić information content (AvgIpc) is 2.52. The second-order valence-electron chi connectivity index (χ2n) is 6.50. The summed E-state index contributed by atoms with van der Waals surface area (Å²) < 4.78 is 12.3. The number of ether oxygens (including phenoxy) is 2. The highest BCUT2D eigenvalue weighted by Gasteiger charge is 2.28. The molecule has 128 valence electrons. The van der Waals surface area contributed by atoms with E-state index >= 15 is 0 Å². The zero-order valence-corrected chi connectivity index (χ0v) is 15.9. The number of halogens is 1. The van der Waals surface area contributed by atoms with Crippen molar-refractivity contribution in [3.8, 4) is 5.75 Å². The Balaban J connectivity index is 1.81. The van der Waals surface area contributed by atoms with Crippen molar-refractivity contribution in [1.29, 1.82) is 0 Å². The third kappa shape index (κ3) is 5.23. The Kier molecular flexibility index (Phi) is 6.94. The second kappa shape index (κ2) is 8.72. The van der Waals surface area contributed by atoms with Crippen LogP contribution in [0.5, 0.6) is 5.75 Å². The number of benzene rings is 1. The highest BCUT2D eigenvalue weighted by atomic mass is 79.9. The number of carbonyl (C=O) groups is 1. The van der Waals surface area contributed by atoms with Crippen LogP contribution in [0.25, 0.3) is 0 Å². The fourth-order valence-corrected chi connectivity index (χ4v) is 3.67. The summed E-state index contributed by atoms with van der Waals surface area (Å²) in [5.41, 5.74) is 1.16. The number of rotatable bonds is 6. The van der Waals surface area contributed by atoms with Crippen LogP contribution in [-0.4, -0.2) is 18.7 Å². The van der Waals surface area contributed by atoms with E-state index in [1.54, 1.807) is 0 Å². The Hall–Kier alpha value is -1.03. The van der Waals surface area contributed by atoms with E-state index < -0.39 is 0 Å². The van der Waals surface area contributed by atoms with Crippen LogP contribution in [0, 0.1) is 18.8 Å². The van der Waals surface area contributed by atoms with Crippen molar-refractivity contribution in [2.24, 2.45) is 11.8 Å². The van der Waals surface area contributed by atoms with Crippen LogP contribution < -0.4 is 4.74 Å². The van der Waals surface area contributed by atoms with Gasteiger partial charge in [-0.15, -0.1) is 0 Å². The SMILES string of the molecule is CCOC(=O)CC(C)[C@H]1CC[C@H](Oc2cccc(Br)c2C)CC1. The lowest BCUT2D eigenvalue weighted by molar-refractivity contribution is -0.144. The predicted molar refractivity (Wildman–Crippen MR) is 95.7 cm³/mol. The summed E-state index contributed by atoms with van der Waals surface area (Å²) in [5.74, 6) is 1.90. The van der Waals surface area contributed by atoms with E-state index in [4.69, 9.17) is 9.47 Å². The monoisotopic (exact) mass is 382 g/mol. The minimum atomic E-state index is -0.0665. The van der Waals surface area contributed by atoms with E-state index in [2.05, 4.69) is 29.8 Å².